The molecule has 1 aromatic rings. The fourth-order valence-electron chi connectivity index (χ4n) is 1.89. The maximum Gasteiger partial charge on any atom is 0.405 e. The van der Waals surface area contributed by atoms with Crippen LogP contribution in [0.15, 0.2) is 22.7 Å². The minimum absolute atomic E-state index is 0.0160. The first kappa shape index (κ1) is 13.7. The number of halogens is 4. The molecule has 2 rings (SSSR count). The molecular weight excluding hydrogens is 309 g/mol. The van der Waals surface area contributed by atoms with Crippen LogP contribution in [0.4, 0.5) is 18.9 Å². The Morgan fingerprint density at radius 2 is 2.00 bits per heavy atom. The van der Waals surface area contributed by atoms with E-state index in [0.29, 0.717) is 12.2 Å². The molecule has 0 heterocycles. The highest BCUT2D eigenvalue weighted by atomic mass is 79.9. The van der Waals surface area contributed by atoms with Crippen molar-refractivity contribution in [3.8, 4) is 0 Å². The lowest BCUT2D eigenvalue weighted by Crippen LogP contribution is -2.36. The number of rotatable bonds is 4. The van der Waals surface area contributed by atoms with Gasteiger partial charge in [0.15, 0.2) is 0 Å². The number of anilines is 1. The van der Waals surface area contributed by atoms with E-state index in [0.717, 1.165) is 22.9 Å². The average molecular weight is 323 g/mol. The topological polar surface area (TPSA) is 29.3 Å². The molecule has 100 valence electrons. The second-order valence-corrected chi connectivity index (χ2v) is 5.31. The number of hydrogen-bond donors (Lipinski definition) is 1. The van der Waals surface area contributed by atoms with Gasteiger partial charge in [0.2, 0.25) is 0 Å². The van der Waals surface area contributed by atoms with Crippen molar-refractivity contribution in [3.63, 3.8) is 0 Å². The molecule has 2 N–H and O–H groups in total. The first-order valence-electron chi connectivity index (χ1n) is 5.72. The molecule has 1 aliphatic rings. The van der Waals surface area contributed by atoms with Crippen molar-refractivity contribution >= 4 is 21.6 Å². The van der Waals surface area contributed by atoms with E-state index in [1.807, 2.05) is 0 Å². The molecule has 0 aromatic heterocycles. The molecule has 0 aliphatic heterocycles. The highest BCUT2D eigenvalue weighted by Crippen LogP contribution is 2.35. The summed E-state index contributed by atoms with van der Waals surface area (Å²) in [4.78, 5) is 1.42. The van der Waals surface area contributed by atoms with Gasteiger partial charge in [-0.05, 0) is 30.5 Å². The predicted molar refractivity (Wildman–Crippen MR) is 68.5 cm³/mol. The number of alkyl halides is 3. The average Bonchev–Trinajstić information content (AvgIpc) is 3.08. The summed E-state index contributed by atoms with van der Waals surface area (Å²) in [6.45, 7) is -0.532. The zero-order chi connectivity index (χ0) is 13.3. The van der Waals surface area contributed by atoms with E-state index in [9.17, 15) is 13.2 Å². The molecule has 1 aliphatic carbocycles. The van der Waals surface area contributed by atoms with Crippen LogP contribution in [0.2, 0.25) is 0 Å². The zero-order valence-corrected chi connectivity index (χ0v) is 11.3. The Kier molecular flexibility index (Phi) is 3.87. The Hall–Kier alpha value is -0.750. The molecule has 0 unspecified atom stereocenters. The smallest absolute Gasteiger partial charge is 0.359 e. The third-order valence-electron chi connectivity index (χ3n) is 2.93. The zero-order valence-electron chi connectivity index (χ0n) is 9.67. The number of hydrogen-bond acceptors (Lipinski definition) is 2. The van der Waals surface area contributed by atoms with Gasteiger partial charge in [-0.25, -0.2) is 0 Å². The molecule has 1 fully saturated rings. The van der Waals surface area contributed by atoms with Crippen LogP contribution in [0.5, 0.6) is 0 Å². The van der Waals surface area contributed by atoms with Crippen molar-refractivity contribution in [2.45, 2.75) is 31.6 Å². The summed E-state index contributed by atoms with van der Waals surface area (Å²) in [6, 6.07) is 5.20. The number of nitrogens with two attached hydrogens (primary N) is 1. The number of benzene rings is 1. The standard InChI is InChI=1S/C12H14BrF3N2/c13-11-5-10(2-1-8(11)6-17)18(9-3-4-9)7-12(14,15)16/h1-2,5,9H,3-4,6-7,17H2. The molecule has 1 saturated carbocycles. The molecule has 0 saturated heterocycles. The highest BCUT2D eigenvalue weighted by molar-refractivity contribution is 9.10. The van der Waals surface area contributed by atoms with Crippen LogP contribution in [0.1, 0.15) is 18.4 Å². The van der Waals surface area contributed by atoms with Gasteiger partial charge >= 0.3 is 6.18 Å². The highest BCUT2D eigenvalue weighted by Gasteiger charge is 2.38. The van der Waals surface area contributed by atoms with Crippen molar-refractivity contribution in [3.05, 3.63) is 28.2 Å². The van der Waals surface area contributed by atoms with E-state index in [4.69, 9.17) is 5.73 Å². The van der Waals surface area contributed by atoms with Crippen LogP contribution in [-0.2, 0) is 6.54 Å². The second kappa shape index (κ2) is 5.09. The predicted octanol–water partition coefficient (Wildman–Crippen LogP) is 3.44. The van der Waals surface area contributed by atoms with E-state index in [-0.39, 0.29) is 6.04 Å². The third kappa shape index (κ3) is 3.38. The summed E-state index contributed by atoms with van der Waals surface area (Å²) in [7, 11) is 0. The quantitative estimate of drug-likeness (QED) is 0.920. The molecule has 2 nitrogen and oxygen atoms in total. The Balaban J connectivity index is 2.23. The Labute approximate surface area is 112 Å². The van der Waals surface area contributed by atoms with Gasteiger partial charge in [-0.3, -0.25) is 0 Å². The van der Waals surface area contributed by atoms with E-state index in [1.165, 1.54) is 4.90 Å². The number of nitrogens with zero attached hydrogens (tertiary/aromatic N) is 1. The normalized spacial score (nSPS) is 15.8. The molecule has 0 radical (unpaired) electrons. The first-order valence-corrected chi connectivity index (χ1v) is 6.52. The minimum Gasteiger partial charge on any atom is -0.359 e. The van der Waals surface area contributed by atoms with Gasteiger partial charge in [0.25, 0.3) is 0 Å². The lowest BCUT2D eigenvalue weighted by atomic mass is 10.2. The Morgan fingerprint density at radius 3 is 2.44 bits per heavy atom. The fraction of sp³-hybridized carbons (Fsp3) is 0.500. The SMILES string of the molecule is NCc1ccc(N(CC(F)(F)F)C2CC2)cc1Br. The minimum atomic E-state index is -4.18. The summed E-state index contributed by atoms with van der Waals surface area (Å²) < 4.78 is 38.4. The molecular formula is C12H14BrF3N2. The van der Waals surface area contributed by atoms with Crippen molar-refractivity contribution in [1.29, 1.82) is 0 Å². The first-order chi connectivity index (χ1) is 8.40. The van der Waals surface area contributed by atoms with E-state index in [1.54, 1.807) is 18.2 Å². The largest absolute Gasteiger partial charge is 0.405 e. The van der Waals surface area contributed by atoms with Gasteiger partial charge in [0.05, 0.1) is 0 Å². The maximum absolute atomic E-state index is 12.6. The van der Waals surface area contributed by atoms with Crippen LogP contribution in [0.25, 0.3) is 0 Å². The Bertz CT molecular complexity index is 430. The van der Waals surface area contributed by atoms with Crippen molar-refractivity contribution in [2.75, 3.05) is 11.4 Å². The Morgan fingerprint density at radius 1 is 1.33 bits per heavy atom. The van der Waals surface area contributed by atoms with Gasteiger partial charge in [0, 0.05) is 22.7 Å². The molecule has 18 heavy (non-hydrogen) atoms. The van der Waals surface area contributed by atoms with Gasteiger partial charge < -0.3 is 10.6 Å². The summed E-state index contributed by atoms with van der Waals surface area (Å²) in [6.07, 6.45) is -2.53. The van der Waals surface area contributed by atoms with Crippen LogP contribution in [0, 0.1) is 0 Å². The van der Waals surface area contributed by atoms with Gasteiger partial charge in [-0.1, -0.05) is 22.0 Å². The van der Waals surface area contributed by atoms with E-state index in [2.05, 4.69) is 15.9 Å². The second-order valence-electron chi connectivity index (χ2n) is 4.45. The van der Waals surface area contributed by atoms with Crippen molar-refractivity contribution < 1.29 is 13.2 Å². The van der Waals surface area contributed by atoms with E-state index >= 15 is 0 Å². The summed E-state index contributed by atoms with van der Waals surface area (Å²) in [5, 5.41) is 0. The lowest BCUT2D eigenvalue weighted by Gasteiger charge is -2.26. The maximum atomic E-state index is 12.6. The lowest BCUT2D eigenvalue weighted by molar-refractivity contribution is -0.120. The molecule has 0 amide bonds. The summed E-state index contributed by atoms with van der Waals surface area (Å²) in [5.41, 5.74) is 7.01. The third-order valence-corrected chi connectivity index (χ3v) is 3.66. The summed E-state index contributed by atoms with van der Waals surface area (Å²) in [5.74, 6) is 0. The van der Waals surface area contributed by atoms with Gasteiger partial charge in [-0.15, -0.1) is 0 Å². The molecule has 0 bridgehead atoms. The fourth-order valence-corrected chi connectivity index (χ4v) is 2.42. The van der Waals surface area contributed by atoms with Crippen molar-refractivity contribution in [2.24, 2.45) is 5.73 Å². The van der Waals surface area contributed by atoms with Gasteiger partial charge in [-0.2, -0.15) is 13.2 Å². The van der Waals surface area contributed by atoms with Crippen molar-refractivity contribution in [1.82, 2.24) is 0 Å². The van der Waals surface area contributed by atoms with Crippen LogP contribution < -0.4 is 10.6 Å². The van der Waals surface area contributed by atoms with Crippen LogP contribution >= 0.6 is 15.9 Å². The molecule has 0 atom stereocenters. The van der Waals surface area contributed by atoms with Crippen LogP contribution in [-0.4, -0.2) is 18.8 Å². The molecule has 1 aromatic carbocycles. The molecule has 0 spiro atoms. The van der Waals surface area contributed by atoms with Gasteiger partial charge in [0.1, 0.15) is 6.54 Å². The van der Waals surface area contributed by atoms with E-state index < -0.39 is 12.7 Å². The monoisotopic (exact) mass is 322 g/mol. The van der Waals surface area contributed by atoms with Crippen LogP contribution in [0.3, 0.4) is 0 Å². The molecule has 6 heteroatoms. The summed E-state index contributed by atoms with van der Waals surface area (Å²) >= 11 is 3.34.